The van der Waals surface area contributed by atoms with E-state index in [4.69, 9.17) is 9.47 Å². The molecule has 0 aromatic heterocycles. The molecule has 0 spiro atoms. The molecule has 1 atom stereocenters. The molecule has 0 amide bonds. The number of carbonyl (C=O) groups excluding carboxylic acids is 2. The molecule has 1 saturated heterocycles. The first kappa shape index (κ1) is 11.8. The van der Waals surface area contributed by atoms with Crippen molar-refractivity contribution in [3.8, 4) is 0 Å². The lowest BCUT2D eigenvalue weighted by Crippen LogP contribution is -2.34. The molecular formula is C11H16O4. The second-order valence-electron chi connectivity index (χ2n) is 4.22. The highest BCUT2D eigenvalue weighted by molar-refractivity contribution is 5.86. The molecule has 0 N–H and O–H groups in total. The van der Waals surface area contributed by atoms with Gasteiger partial charge in [0.2, 0.25) is 6.10 Å². The number of hydrogen-bond acceptors (Lipinski definition) is 4. The third-order valence-electron chi connectivity index (χ3n) is 2.23. The Hall–Kier alpha value is -1.32. The highest BCUT2D eigenvalue weighted by atomic mass is 16.6. The van der Waals surface area contributed by atoms with Crippen LogP contribution < -0.4 is 0 Å². The van der Waals surface area contributed by atoms with E-state index >= 15 is 0 Å². The third-order valence-corrected chi connectivity index (χ3v) is 2.23. The SMILES string of the molecule is CC/C=C/C(=O)O[C@H]1C(=O)OCC1(C)C. The summed E-state index contributed by atoms with van der Waals surface area (Å²) < 4.78 is 9.89. The summed E-state index contributed by atoms with van der Waals surface area (Å²) in [6.07, 6.45) is 3.00. The molecule has 0 aromatic carbocycles. The lowest BCUT2D eigenvalue weighted by molar-refractivity contribution is -0.159. The van der Waals surface area contributed by atoms with Gasteiger partial charge in [0.15, 0.2) is 0 Å². The zero-order valence-electron chi connectivity index (χ0n) is 9.28. The van der Waals surface area contributed by atoms with Gasteiger partial charge in [0.05, 0.1) is 0 Å². The van der Waals surface area contributed by atoms with Crippen LogP contribution in [0.3, 0.4) is 0 Å². The van der Waals surface area contributed by atoms with Gasteiger partial charge in [-0.3, -0.25) is 0 Å². The van der Waals surface area contributed by atoms with Crippen molar-refractivity contribution >= 4 is 11.9 Å². The predicted molar refractivity (Wildman–Crippen MR) is 54.1 cm³/mol. The Kier molecular flexibility index (Phi) is 3.50. The van der Waals surface area contributed by atoms with Crippen molar-refractivity contribution in [2.24, 2.45) is 5.41 Å². The molecule has 1 aliphatic heterocycles. The molecule has 1 aliphatic rings. The third kappa shape index (κ3) is 2.81. The zero-order valence-corrected chi connectivity index (χ0v) is 9.28. The highest BCUT2D eigenvalue weighted by Crippen LogP contribution is 2.30. The molecule has 0 saturated carbocycles. The first-order valence-corrected chi connectivity index (χ1v) is 5.01. The molecule has 1 heterocycles. The van der Waals surface area contributed by atoms with E-state index in [1.165, 1.54) is 6.08 Å². The van der Waals surface area contributed by atoms with E-state index in [0.717, 1.165) is 6.42 Å². The molecule has 1 rings (SSSR count). The number of hydrogen-bond donors (Lipinski definition) is 0. The fourth-order valence-corrected chi connectivity index (χ4v) is 1.30. The summed E-state index contributed by atoms with van der Waals surface area (Å²) >= 11 is 0. The standard InChI is InChI=1S/C11H16O4/c1-4-5-6-8(12)15-9-10(13)14-7-11(9,2)3/h5-6,9H,4,7H2,1-3H3/b6-5+/t9-/m0/s1. The molecule has 4 nitrogen and oxygen atoms in total. The van der Waals surface area contributed by atoms with Crippen LogP contribution in [0.2, 0.25) is 0 Å². The minimum absolute atomic E-state index is 0.293. The lowest BCUT2D eigenvalue weighted by atomic mass is 9.90. The number of cyclic esters (lactones) is 1. The fraction of sp³-hybridized carbons (Fsp3) is 0.636. The Bertz CT molecular complexity index is 291. The molecular weight excluding hydrogens is 196 g/mol. The van der Waals surface area contributed by atoms with Crippen molar-refractivity contribution in [2.45, 2.75) is 33.3 Å². The second kappa shape index (κ2) is 4.47. The summed E-state index contributed by atoms with van der Waals surface area (Å²) in [6, 6.07) is 0. The van der Waals surface area contributed by atoms with Gasteiger partial charge in [0, 0.05) is 11.5 Å². The van der Waals surface area contributed by atoms with Crippen molar-refractivity contribution in [3.63, 3.8) is 0 Å². The molecule has 0 radical (unpaired) electrons. The van der Waals surface area contributed by atoms with Crippen molar-refractivity contribution in [2.75, 3.05) is 6.61 Å². The first-order chi connectivity index (χ1) is 6.97. The van der Waals surface area contributed by atoms with E-state index in [-0.39, 0.29) is 0 Å². The minimum atomic E-state index is -0.786. The summed E-state index contributed by atoms with van der Waals surface area (Å²) in [7, 11) is 0. The first-order valence-electron chi connectivity index (χ1n) is 5.01. The van der Waals surface area contributed by atoms with Gasteiger partial charge in [-0.25, -0.2) is 9.59 Å². The Morgan fingerprint density at radius 1 is 1.67 bits per heavy atom. The Morgan fingerprint density at radius 3 is 2.80 bits per heavy atom. The van der Waals surface area contributed by atoms with E-state index in [0.29, 0.717) is 6.61 Å². The van der Waals surface area contributed by atoms with Crippen LogP contribution >= 0.6 is 0 Å². The number of allylic oxidation sites excluding steroid dienone is 1. The van der Waals surface area contributed by atoms with Crippen LogP contribution in [0.15, 0.2) is 12.2 Å². The molecule has 1 fully saturated rings. The molecule has 4 heteroatoms. The number of esters is 2. The zero-order chi connectivity index (χ0) is 11.5. The van der Waals surface area contributed by atoms with Gasteiger partial charge in [0.1, 0.15) is 6.61 Å². The summed E-state index contributed by atoms with van der Waals surface area (Å²) in [5, 5.41) is 0. The van der Waals surface area contributed by atoms with Crippen LogP contribution in [0.25, 0.3) is 0 Å². The van der Waals surface area contributed by atoms with Gasteiger partial charge in [-0.05, 0) is 6.42 Å². The Balaban J connectivity index is 2.60. The van der Waals surface area contributed by atoms with Crippen LogP contribution in [-0.2, 0) is 19.1 Å². The topological polar surface area (TPSA) is 52.6 Å². The number of carbonyl (C=O) groups is 2. The largest absolute Gasteiger partial charge is 0.462 e. The minimum Gasteiger partial charge on any atom is -0.462 e. The second-order valence-corrected chi connectivity index (χ2v) is 4.22. The highest BCUT2D eigenvalue weighted by Gasteiger charge is 2.46. The predicted octanol–water partition coefficient (Wildman–Crippen LogP) is 1.45. The normalized spacial score (nSPS) is 24.2. The maximum atomic E-state index is 11.3. The molecule has 0 aliphatic carbocycles. The summed E-state index contributed by atoms with van der Waals surface area (Å²) in [6.45, 7) is 5.87. The number of rotatable bonds is 3. The average Bonchev–Trinajstić information content (AvgIpc) is 2.42. The van der Waals surface area contributed by atoms with Crippen molar-refractivity contribution in [1.29, 1.82) is 0 Å². The van der Waals surface area contributed by atoms with Crippen LogP contribution in [0.1, 0.15) is 27.2 Å². The van der Waals surface area contributed by atoms with Gasteiger partial charge in [0.25, 0.3) is 0 Å². The molecule has 0 unspecified atom stereocenters. The van der Waals surface area contributed by atoms with E-state index in [1.54, 1.807) is 6.08 Å². The van der Waals surface area contributed by atoms with Gasteiger partial charge < -0.3 is 9.47 Å². The molecule has 15 heavy (non-hydrogen) atoms. The van der Waals surface area contributed by atoms with Crippen LogP contribution in [0, 0.1) is 5.41 Å². The smallest absolute Gasteiger partial charge is 0.348 e. The lowest BCUT2D eigenvalue weighted by Gasteiger charge is -2.20. The van der Waals surface area contributed by atoms with Gasteiger partial charge in [-0.2, -0.15) is 0 Å². The molecule has 0 aromatic rings. The van der Waals surface area contributed by atoms with E-state index in [1.807, 2.05) is 20.8 Å². The van der Waals surface area contributed by atoms with Gasteiger partial charge >= 0.3 is 11.9 Å². The van der Waals surface area contributed by atoms with E-state index < -0.39 is 23.5 Å². The monoisotopic (exact) mass is 212 g/mol. The Labute approximate surface area is 89.2 Å². The summed E-state index contributed by atoms with van der Waals surface area (Å²) in [5.41, 5.74) is -0.438. The summed E-state index contributed by atoms with van der Waals surface area (Å²) in [5.74, 6) is -0.952. The fourth-order valence-electron chi connectivity index (χ4n) is 1.30. The van der Waals surface area contributed by atoms with Crippen LogP contribution in [-0.4, -0.2) is 24.6 Å². The van der Waals surface area contributed by atoms with E-state index in [9.17, 15) is 9.59 Å². The molecule has 84 valence electrons. The van der Waals surface area contributed by atoms with Crippen molar-refractivity contribution < 1.29 is 19.1 Å². The molecule has 0 bridgehead atoms. The quantitative estimate of drug-likeness (QED) is 0.525. The summed E-state index contributed by atoms with van der Waals surface area (Å²) in [4.78, 5) is 22.6. The maximum Gasteiger partial charge on any atom is 0.348 e. The Morgan fingerprint density at radius 2 is 2.33 bits per heavy atom. The van der Waals surface area contributed by atoms with Crippen LogP contribution in [0.4, 0.5) is 0 Å². The van der Waals surface area contributed by atoms with Crippen LogP contribution in [0.5, 0.6) is 0 Å². The van der Waals surface area contributed by atoms with Crippen molar-refractivity contribution in [3.05, 3.63) is 12.2 Å². The van der Waals surface area contributed by atoms with Gasteiger partial charge in [-0.15, -0.1) is 0 Å². The maximum absolute atomic E-state index is 11.3. The number of ether oxygens (including phenoxy) is 2. The van der Waals surface area contributed by atoms with E-state index in [2.05, 4.69) is 0 Å². The average molecular weight is 212 g/mol. The van der Waals surface area contributed by atoms with Gasteiger partial charge in [-0.1, -0.05) is 26.8 Å². The van der Waals surface area contributed by atoms with Crippen molar-refractivity contribution in [1.82, 2.24) is 0 Å².